The number of nitrogens with zero attached hydrogens (tertiary/aromatic N) is 3. The quantitative estimate of drug-likeness (QED) is 0.618. The van der Waals surface area contributed by atoms with Gasteiger partial charge in [-0.3, -0.25) is 14.8 Å². The molecular formula is C19H21BrN4O. The zero-order valence-corrected chi connectivity index (χ0v) is 15.9. The molecule has 130 valence electrons. The van der Waals surface area contributed by atoms with Crippen LogP contribution in [0.4, 0.5) is 0 Å². The monoisotopic (exact) mass is 400 g/mol. The smallest absolute Gasteiger partial charge is 0.254 e. The third kappa shape index (κ3) is 3.31. The molecule has 1 aliphatic rings. The van der Waals surface area contributed by atoms with Gasteiger partial charge >= 0.3 is 0 Å². The van der Waals surface area contributed by atoms with E-state index in [-0.39, 0.29) is 11.8 Å². The Labute approximate surface area is 156 Å². The molecule has 1 amide bonds. The number of carbonyl (C=O) groups excluding carboxylic acids is 1. The summed E-state index contributed by atoms with van der Waals surface area (Å²) in [4.78, 5) is 23.4. The Bertz CT molecular complexity index is 817. The Kier molecular flexibility index (Phi) is 4.90. The van der Waals surface area contributed by atoms with Crippen molar-refractivity contribution in [2.24, 2.45) is 16.6 Å². The van der Waals surface area contributed by atoms with Crippen molar-refractivity contribution < 1.29 is 4.79 Å². The van der Waals surface area contributed by atoms with Crippen molar-refractivity contribution in [1.82, 2.24) is 9.88 Å². The highest BCUT2D eigenvalue weighted by atomic mass is 79.9. The highest BCUT2D eigenvalue weighted by Gasteiger charge is 2.52. The van der Waals surface area contributed by atoms with Crippen molar-refractivity contribution in [1.29, 1.82) is 0 Å². The van der Waals surface area contributed by atoms with Crippen LogP contribution in [0.15, 0.2) is 52.2 Å². The number of hydrogen-bond acceptors (Lipinski definition) is 3. The van der Waals surface area contributed by atoms with Crippen LogP contribution in [-0.2, 0) is 10.3 Å². The second-order valence-corrected chi connectivity index (χ2v) is 7.41. The van der Waals surface area contributed by atoms with E-state index in [9.17, 15) is 4.79 Å². The number of likely N-dealkylation sites (N-methyl/N-ethyl adjacent to an activating group) is 1. The van der Waals surface area contributed by atoms with Crippen LogP contribution in [0.5, 0.6) is 0 Å². The molecule has 1 unspecified atom stereocenters. The van der Waals surface area contributed by atoms with Crippen molar-refractivity contribution in [3.05, 3.63) is 52.8 Å². The molecule has 0 spiro atoms. The third-order valence-electron chi connectivity index (χ3n) is 4.52. The highest BCUT2D eigenvalue weighted by molar-refractivity contribution is 9.10. The summed E-state index contributed by atoms with van der Waals surface area (Å²) in [5, 5.41) is 0. The van der Waals surface area contributed by atoms with Gasteiger partial charge in [0.25, 0.3) is 5.91 Å². The zero-order valence-electron chi connectivity index (χ0n) is 14.3. The van der Waals surface area contributed by atoms with Crippen LogP contribution in [0, 0.1) is 5.92 Å². The summed E-state index contributed by atoms with van der Waals surface area (Å²) in [7, 11) is 3.52. The SMILES string of the molecule is CN(C)C(=O)C(N=CN)(c1cccc(-c2cncc(Br)c2)c1)C1CC1. The second kappa shape index (κ2) is 6.96. The molecule has 1 saturated carbocycles. The van der Waals surface area contributed by atoms with Gasteiger partial charge in [0.15, 0.2) is 5.54 Å². The average molecular weight is 401 g/mol. The van der Waals surface area contributed by atoms with Gasteiger partial charge in [-0.05, 0) is 57.9 Å². The molecule has 1 heterocycles. The van der Waals surface area contributed by atoms with Gasteiger partial charge in [0.1, 0.15) is 0 Å². The lowest BCUT2D eigenvalue weighted by Crippen LogP contribution is -2.44. The summed E-state index contributed by atoms with van der Waals surface area (Å²) in [6.45, 7) is 0. The molecule has 25 heavy (non-hydrogen) atoms. The Morgan fingerprint density at radius 3 is 2.68 bits per heavy atom. The van der Waals surface area contributed by atoms with Crippen LogP contribution in [0.2, 0.25) is 0 Å². The van der Waals surface area contributed by atoms with Crippen LogP contribution >= 0.6 is 15.9 Å². The number of aromatic nitrogens is 1. The lowest BCUT2D eigenvalue weighted by Gasteiger charge is -2.32. The number of amides is 1. The fourth-order valence-electron chi connectivity index (χ4n) is 3.23. The minimum atomic E-state index is -0.951. The Balaban J connectivity index is 2.14. The number of benzene rings is 1. The molecule has 1 aromatic carbocycles. The fraction of sp³-hybridized carbons (Fsp3) is 0.316. The van der Waals surface area contributed by atoms with E-state index < -0.39 is 5.54 Å². The summed E-state index contributed by atoms with van der Waals surface area (Å²) in [6, 6.07) is 9.96. The molecule has 1 atom stereocenters. The lowest BCUT2D eigenvalue weighted by molar-refractivity contribution is -0.135. The van der Waals surface area contributed by atoms with Crippen LogP contribution in [0.3, 0.4) is 0 Å². The molecule has 1 aliphatic carbocycles. The fourth-order valence-corrected chi connectivity index (χ4v) is 3.60. The Morgan fingerprint density at radius 2 is 2.08 bits per heavy atom. The van der Waals surface area contributed by atoms with Crippen molar-refractivity contribution in [2.75, 3.05) is 14.1 Å². The highest BCUT2D eigenvalue weighted by Crippen LogP contribution is 2.49. The van der Waals surface area contributed by atoms with Gasteiger partial charge in [-0.1, -0.05) is 18.2 Å². The first-order valence-electron chi connectivity index (χ1n) is 8.17. The molecule has 2 N–H and O–H groups in total. The van der Waals surface area contributed by atoms with Crippen molar-refractivity contribution in [2.45, 2.75) is 18.4 Å². The minimum absolute atomic E-state index is 0.0405. The lowest BCUT2D eigenvalue weighted by atomic mass is 9.83. The number of carbonyl (C=O) groups is 1. The van der Waals surface area contributed by atoms with Crippen molar-refractivity contribution in [3.63, 3.8) is 0 Å². The molecule has 5 nitrogen and oxygen atoms in total. The van der Waals surface area contributed by atoms with Crippen molar-refractivity contribution >= 4 is 28.2 Å². The second-order valence-electron chi connectivity index (χ2n) is 6.49. The van der Waals surface area contributed by atoms with Gasteiger partial charge in [0.2, 0.25) is 0 Å². The number of rotatable bonds is 5. The molecule has 0 radical (unpaired) electrons. The topological polar surface area (TPSA) is 71.6 Å². The van der Waals surface area contributed by atoms with Crippen LogP contribution in [-0.4, -0.2) is 36.2 Å². The molecule has 1 aromatic heterocycles. The van der Waals surface area contributed by atoms with Gasteiger partial charge < -0.3 is 10.6 Å². The average Bonchev–Trinajstić information content (AvgIpc) is 3.44. The predicted octanol–water partition coefficient (Wildman–Crippen LogP) is 3.19. The molecule has 3 rings (SSSR count). The summed E-state index contributed by atoms with van der Waals surface area (Å²) < 4.78 is 0.910. The number of aliphatic imine (C=N–C) groups is 1. The van der Waals surface area contributed by atoms with Crippen LogP contribution in [0.1, 0.15) is 18.4 Å². The van der Waals surface area contributed by atoms with E-state index in [1.54, 1.807) is 25.2 Å². The van der Waals surface area contributed by atoms with E-state index >= 15 is 0 Å². The molecule has 2 aromatic rings. The van der Waals surface area contributed by atoms with E-state index in [1.165, 1.54) is 6.34 Å². The normalized spacial score (nSPS) is 16.6. The summed E-state index contributed by atoms with van der Waals surface area (Å²) in [5.74, 6) is 0.138. The summed E-state index contributed by atoms with van der Waals surface area (Å²) >= 11 is 3.45. The van der Waals surface area contributed by atoms with Crippen LogP contribution in [0.25, 0.3) is 11.1 Å². The predicted molar refractivity (Wildman–Crippen MR) is 103 cm³/mol. The molecule has 0 saturated heterocycles. The standard InChI is InChI=1S/C19H21BrN4O/c1-24(2)18(25)19(23-12-21,15-6-7-15)16-5-3-4-13(8-16)14-9-17(20)11-22-10-14/h3-5,8-12,15H,6-7H2,1-2H3,(H2,21,23). The van der Waals surface area contributed by atoms with Crippen molar-refractivity contribution in [3.8, 4) is 11.1 Å². The largest absolute Gasteiger partial charge is 0.390 e. The van der Waals surface area contributed by atoms with Crippen LogP contribution < -0.4 is 5.73 Å². The maximum atomic E-state index is 13.1. The van der Waals surface area contributed by atoms with E-state index in [1.807, 2.05) is 36.5 Å². The molecule has 6 heteroatoms. The number of pyridine rings is 1. The molecule has 1 fully saturated rings. The van der Waals surface area contributed by atoms with Gasteiger partial charge in [0.05, 0.1) is 6.34 Å². The van der Waals surface area contributed by atoms with E-state index in [4.69, 9.17) is 5.73 Å². The first-order valence-corrected chi connectivity index (χ1v) is 8.97. The first kappa shape index (κ1) is 17.6. The summed E-state index contributed by atoms with van der Waals surface area (Å²) in [5.41, 5.74) is 7.54. The summed E-state index contributed by atoms with van der Waals surface area (Å²) in [6.07, 6.45) is 6.75. The number of halogens is 1. The molecule has 0 bridgehead atoms. The maximum absolute atomic E-state index is 13.1. The minimum Gasteiger partial charge on any atom is -0.390 e. The molecular weight excluding hydrogens is 380 g/mol. The van der Waals surface area contributed by atoms with E-state index in [0.29, 0.717) is 0 Å². The van der Waals surface area contributed by atoms with Gasteiger partial charge in [-0.25, -0.2) is 0 Å². The third-order valence-corrected chi connectivity index (χ3v) is 4.95. The maximum Gasteiger partial charge on any atom is 0.254 e. The van der Waals surface area contributed by atoms with E-state index in [0.717, 1.165) is 34.0 Å². The Morgan fingerprint density at radius 1 is 1.32 bits per heavy atom. The van der Waals surface area contributed by atoms with Gasteiger partial charge in [0, 0.05) is 36.5 Å². The van der Waals surface area contributed by atoms with Gasteiger partial charge in [-0.2, -0.15) is 0 Å². The zero-order chi connectivity index (χ0) is 18.0. The number of hydrogen-bond donors (Lipinski definition) is 1. The first-order chi connectivity index (χ1) is 12.0. The Hall–Kier alpha value is -2.21. The number of nitrogens with two attached hydrogens (primary N) is 1. The van der Waals surface area contributed by atoms with E-state index in [2.05, 4.69) is 25.9 Å². The molecule has 0 aliphatic heterocycles. The van der Waals surface area contributed by atoms with Gasteiger partial charge in [-0.15, -0.1) is 0 Å².